The number of carbonyl (C=O) groups is 1. The van der Waals surface area contributed by atoms with E-state index in [1.54, 1.807) is 0 Å². The van der Waals surface area contributed by atoms with Gasteiger partial charge in [-0.2, -0.15) is 0 Å². The average molecular weight is 264 g/mol. The van der Waals surface area contributed by atoms with Crippen molar-refractivity contribution < 1.29 is 32.9 Å². The second kappa shape index (κ2) is 5.26. The third-order valence-electron chi connectivity index (χ3n) is 2.32. The SMILES string of the molecule is CC(C(=O)O)C(O)c1ccc(OC(F)(F)F)cc1. The van der Waals surface area contributed by atoms with E-state index in [4.69, 9.17) is 5.11 Å². The van der Waals surface area contributed by atoms with Crippen molar-refractivity contribution in [2.24, 2.45) is 5.92 Å². The van der Waals surface area contributed by atoms with Crippen LogP contribution in [0, 0.1) is 5.92 Å². The topological polar surface area (TPSA) is 66.8 Å². The number of aliphatic hydroxyl groups excluding tert-OH is 1. The molecule has 0 saturated carbocycles. The maximum Gasteiger partial charge on any atom is 0.573 e. The molecule has 100 valence electrons. The van der Waals surface area contributed by atoms with Gasteiger partial charge in [0.1, 0.15) is 5.75 Å². The highest BCUT2D eigenvalue weighted by Gasteiger charge is 2.31. The highest BCUT2D eigenvalue weighted by atomic mass is 19.4. The predicted molar refractivity (Wildman–Crippen MR) is 54.9 cm³/mol. The molecule has 0 radical (unpaired) electrons. The predicted octanol–water partition coefficient (Wildman–Crippen LogP) is 2.34. The molecule has 0 amide bonds. The van der Waals surface area contributed by atoms with Gasteiger partial charge in [-0.05, 0) is 24.6 Å². The Hall–Kier alpha value is -1.76. The zero-order valence-corrected chi connectivity index (χ0v) is 9.31. The van der Waals surface area contributed by atoms with Crippen LogP contribution in [-0.4, -0.2) is 22.5 Å². The number of ether oxygens (including phenoxy) is 1. The molecular formula is C11H11F3O4. The molecule has 1 aromatic carbocycles. The molecule has 0 spiro atoms. The normalized spacial score (nSPS) is 14.9. The quantitative estimate of drug-likeness (QED) is 0.875. The van der Waals surface area contributed by atoms with Crippen LogP contribution in [0.25, 0.3) is 0 Å². The van der Waals surface area contributed by atoms with Crippen molar-refractivity contribution >= 4 is 5.97 Å². The fraction of sp³-hybridized carbons (Fsp3) is 0.364. The second-order valence-electron chi connectivity index (χ2n) is 3.69. The highest BCUT2D eigenvalue weighted by Crippen LogP contribution is 2.27. The van der Waals surface area contributed by atoms with Crippen LogP contribution in [0.3, 0.4) is 0 Å². The van der Waals surface area contributed by atoms with Crippen molar-refractivity contribution in [3.05, 3.63) is 29.8 Å². The summed E-state index contributed by atoms with van der Waals surface area (Å²) in [5.41, 5.74) is 0.208. The average Bonchev–Trinajstić information content (AvgIpc) is 2.26. The molecule has 0 aliphatic rings. The number of alkyl halides is 3. The lowest BCUT2D eigenvalue weighted by atomic mass is 9.98. The van der Waals surface area contributed by atoms with E-state index in [2.05, 4.69) is 4.74 Å². The molecular weight excluding hydrogens is 253 g/mol. The van der Waals surface area contributed by atoms with Gasteiger partial charge in [0.05, 0.1) is 12.0 Å². The second-order valence-corrected chi connectivity index (χ2v) is 3.69. The third kappa shape index (κ3) is 3.92. The molecule has 0 aliphatic carbocycles. The van der Waals surface area contributed by atoms with Crippen LogP contribution >= 0.6 is 0 Å². The smallest absolute Gasteiger partial charge is 0.481 e. The number of benzene rings is 1. The molecule has 2 atom stereocenters. The number of rotatable bonds is 4. The molecule has 2 N–H and O–H groups in total. The van der Waals surface area contributed by atoms with E-state index in [1.165, 1.54) is 19.1 Å². The number of hydrogen-bond donors (Lipinski definition) is 2. The van der Waals surface area contributed by atoms with Crippen molar-refractivity contribution in [3.63, 3.8) is 0 Å². The first-order valence-electron chi connectivity index (χ1n) is 4.97. The molecule has 0 aromatic heterocycles. The van der Waals surface area contributed by atoms with E-state index in [0.717, 1.165) is 12.1 Å². The van der Waals surface area contributed by atoms with Crippen LogP contribution in [0.2, 0.25) is 0 Å². The zero-order chi connectivity index (χ0) is 13.9. The largest absolute Gasteiger partial charge is 0.573 e. The Bertz CT molecular complexity index is 413. The van der Waals surface area contributed by atoms with E-state index in [9.17, 15) is 23.1 Å². The Morgan fingerprint density at radius 1 is 1.28 bits per heavy atom. The fourth-order valence-corrected chi connectivity index (χ4v) is 1.29. The monoisotopic (exact) mass is 264 g/mol. The minimum absolute atomic E-state index is 0.208. The maximum absolute atomic E-state index is 11.9. The van der Waals surface area contributed by atoms with Crippen molar-refractivity contribution in [2.45, 2.75) is 19.4 Å². The number of halogens is 3. The first-order valence-corrected chi connectivity index (χ1v) is 4.97. The van der Waals surface area contributed by atoms with Crippen LogP contribution in [0.4, 0.5) is 13.2 Å². The zero-order valence-electron chi connectivity index (χ0n) is 9.31. The van der Waals surface area contributed by atoms with Gasteiger partial charge in [0.25, 0.3) is 0 Å². The summed E-state index contributed by atoms with van der Waals surface area (Å²) in [6, 6.07) is 4.40. The van der Waals surface area contributed by atoms with E-state index in [-0.39, 0.29) is 5.56 Å². The Balaban J connectivity index is 2.80. The number of aliphatic hydroxyl groups is 1. The van der Waals surface area contributed by atoms with Crippen molar-refractivity contribution in [1.82, 2.24) is 0 Å². The summed E-state index contributed by atoms with van der Waals surface area (Å²) in [6.07, 6.45) is -6.07. The fourth-order valence-electron chi connectivity index (χ4n) is 1.29. The summed E-state index contributed by atoms with van der Waals surface area (Å²) >= 11 is 0. The van der Waals surface area contributed by atoms with Gasteiger partial charge in [0.2, 0.25) is 0 Å². The standard InChI is InChI=1S/C11H11F3O4/c1-6(10(16)17)9(15)7-2-4-8(5-3-7)18-11(12,13)14/h2-6,9,15H,1H3,(H,16,17). The minimum Gasteiger partial charge on any atom is -0.481 e. The van der Waals surface area contributed by atoms with Crippen LogP contribution in [-0.2, 0) is 4.79 Å². The van der Waals surface area contributed by atoms with Gasteiger partial charge in [0, 0.05) is 0 Å². The Morgan fingerprint density at radius 3 is 2.17 bits per heavy atom. The molecule has 0 fully saturated rings. The highest BCUT2D eigenvalue weighted by molar-refractivity contribution is 5.70. The summed E-state index contributed by atoms with van der Waals surface area (Å²) in [4.78, 5) is 10.6. The Morgan fingerprint density at radius 2 is 1.78 bits per heavy atom. The van der Waals surface area contributed by atoms with Crippen LogP contribution in [0.1, 0.15) is 18.6 Å². The summed E-state index contributed by atoms with van der Waals surface area (Å²) in [5, 5.41) is 18.3. The molecule has 18 heavy (non-hydrogen) atoms. The molecule has 0 heterocycles. The molecule has 7 heteroatoms. The van der Waals surface area contributed by atoms with Gasteiger partial charge in [-0.25, -0.2) is 0 Å². The number of hydrogen-bond acceptors (Lipinski definition) is 3. The molecule has 2 unspecified atom stereocenters. The first-order chi connectivity index (χ1) is 8.20. The van der Waals surface area contributed by atoms with E-state index in [1.807, 2.05) is 0 Å². The summed E-state index contributed by atoms with van der Waals surface area (Å²) < 4.78 is 39.3. The molecule has 1 aromatic rings. The first kappa shape index (κ1) is 14.3. The maximum atomic E-state index is 11.9. The molecule has 0 aliphatic heterocycles. The van der Waals surface area contributed by atoms with Crippen LogP contribution < -0.4 is 4.74 Å². The van der Waals surface area contributed by atoms with Gasteiger partial charge < -0.3 is 14.9 Å². The van der Waals surface area contributed by atoms with Crippen molar-refractivity contribution in [3.8, 4) is 5.75 Å². The number of carboxylic acids is 1. The van der Waals surface area contributed by atoms with Crippen molar-refractivity contribution in [2.75, 3.05) is 0 Å². The van der Waals surface area contributed by atoms with Gasteiger partial charge >= 0.3 is 12.3 Å². The summed E-state index contributed by atoms with van der Waals surface area (Å²) in [6.45, 7) is 1.30. The minimum atomic E-state index is -4.78. The van der Waals surface area contributed by atoms with Gasteiger partial charge in [0.15, 0.2) is 0 Å². The Kier molecular flexibility index (Phi) is 4.18. The van der Waals surface area contributed by atoms with Crippen LogP contribution in [0.15, 0.2) is 24.3 Å². The molecule has 1 rings (SSSR count). The lowest BCUT2D eigenvalue weighted by molar-refractivity contribution is -0.274. The summed E-state index contributed by atoms with van der Waals surface area (Å²) in [5.74, 6) is -2.68. The van der Waals surface area contributed by atoms with Crippen LogP contribution in [0.5, 0.6) is 5.75 Å². The third-order valence-corrected chi connectivity index (χ3v) is 2.32. The van der Waals surface area contributed by atoms with E-state index >= 15 is 0 Å². The van der Waals surface area contributed by atoms with E-state index < -0.39 is 30.1 Å². The molecule has 0 saturated heterocycles. The molecule has 4 nitrogen and oxygen atoms in total. The Labute approximate surface area is 101 Å². The van der Waals surface area contributed by atoms with Gasteiger partial charge in [-0.3, -0.25) is 4.79 Å². The van der Waals surface area contributed by atoms with E-state index in [0.29, 0.717) is 0 Å². The summed E-state index contributed by atoms with van der Waals surface area (Å²) in [7, 11) is 0. The van der Waals surface area contributed by atoms with Crippen molar-refractivity contribution in [1.29, 1.82) is 0 Å². The van der Waals surface area contributed by atoms with Gasteiger partial charge in [-0.15, -0.1) is 13.2 Å². The number of carboxylic acid groups (broad SMARTS) is 1. The number of aliphatic carboxylic acids is 1. The van der Waals surface area contributed by atoms with Gasteiger partial charge in [-0.1, -0.05) is 12.1 Å². The lowest BCUT2D eigenvalue weighted by Crippen LogP contribution is -2.19. The lowest BCUT2D eigenvalue weighted by Gasteiger charge is -2.16. The molecule has 0 bridgehead atoms.